The zero-order valence-electron chi connectivity index (χ0n) is 76.7. The van der Waals surface area contributed by atoms with Crippen molar-refractivity contribution in [2.24, 2.45) is 22.9 Å². The molecule has 0 bridgehead atoms. The molecule has 15 N–H and O–H groups in total. The van der Waals surface area contributed by atoms with E-state index in [1.54, 1.807) is 90.9 Å². The predicted molar refractivity (Wildman–Crippen MR) is 556 cm³/mol. The fourth-order valence-electron chi connectivity index (χ4n) is 14.2. The number of hydrogen-bond acceptors (Lipinski definition) is 19. The molecule has 0 aliphatic carbocycles. The van der Waals surface area contributed by atoms with Gasteiger partial charge in [0.05, 0.1) is 60.6 Å². The number of carbonyl (C=O) groups excluding carboxylic acids is 7. The number of hydrogen-bond donors (Lipinski definition) is 11. The van der Waals surface area contributed by atoms with E-state index in [0.717, 1.165) is 117 Å². The number of alkyl carbamates (subject to hydrolysis) is 1. The summed E-state index contributed by atoms with van der Waals surface area (Å²) < 4.78 is 11.8. The van der Waals surface area contributed by atoms with Crippen molar-refractivity contribution in [2.75, 3.05) is 45.2 Å². The molecule has 0 spiro atoms. The van der Waals surface area contributed by atoms with Crippen molar-refractivity contribution in [3.8, 4) is 55.6 Å². The fraction of sp³-hybridized carbons (Fsp3) is 0.226. The van der Waals surface area contributed by atoms with Gasteiger partial charge in [-0.25, -0.2) is 9.59 Å². The average Bonchev–Trinajstić information content (AvgIpc) is 1.75. The SMILES string of the molecule is C.CC(C)(C)OC(=O)NCC(C(=O)Nc1ccc(-c2cnn(C(=O)OC(C)(C)C)c2)cc1)c1ccccc1.CO.Cl.Cl.Cl.Cl.Cl.NC[C@H](C(=O)Cc1ccc(-c2cn[nH]c2)cc1)c1ccccc1.NC[C@H](C(=O)Cc1ccc(-c2cn[nH]c2)cc1)c1ccccc1.NC[C@H](C(=O)Cc1ccc(-c2cn[nH]c2)cc1)c1ccccc1.NC[C@H](C(=O)Cc1ccc(-c2cn[nH]c2)cc1)c1ccccc1. The number of aromatic nitrogens is 10. The molecule has 5 aromatic heterocycles. The fourth-order valence-corrected chi connectivity index (χ4v) is 14.2. The van der Waals surface area contributed by atoms with Gasteiger partial charge in [-0.15, -0.1) is 62.0 Å². The Labute approximate surface area is 831 Å². The van der Waals surface area contributed by atoms with E-state index in [4.69, 9.17) is 37.5 Å². The lowest BCUT2D eigenvalue weighted by molar-refractivity contribution is -0.120. The normalized spacial score (nSPS) is 11.5. The molecule has 0 radical (unpaired) electrons. The summed E-state index contributed by atoms with van der Waals surface area (Å²) in [4.78, 5) is 87.8. The summed E-state index contributed by atoms with van der Waals surface area (Å²) in [5.74, 6) is -1.29. The van der Waals surface area contributed by atoms with E-state index in [9.17, 15) is 33.6 Å². The highest BCUT2D eigenvalue weighted by Crippen LogP contribution is 2.30. The molecule has 5 heterocycles. The van der Waals surface area contributed by atoms with Crippen LogP contribution in [0.5, 0.6) is 0 Å². The van der Waals surface area contributed by atoms with Crippen LogP contribution in [-0.4, -0.2) is 148 Å². The lowest BCUT2D eigenvalue weighted by Gasteiger charge is -2.22. The van der Waals surface area contributed by atoms with Crippen LogP contribution in [0.4, 0.5) is 15.3 Å². The Morgan fingerprint density at radius 1 is 0.336 bits per heavy atom. The second-order valence-corrected chi connectivity index (χ2v) is 32.7. The minimum atomic E-state index is -0.639. The number of H-pyrrole nitrogens is 4. The van der Waals surface area contributed by atoms with Crippen LogP contribution in [0, 0.1) is 0 Å². The molecular formula is C106H123Cl5N16O10. The largest absolute Gasteiger partial charge is 0.444 e. The van der Waals surface area contributed by atoms with Gasteiger partial charge in [0, 0.05) is 130 Å². The number of ether oxygens (including phenoxy) is 2. The zero-order valence-corrected chi connectivity index (χ0v) is 80.7. The van der Waals surface area contributed by atoms with Gasteiger partial charge in [0.2, 0.25) is 5.91 Å². The Bertz CT molecular complexity index is 5410. The molecule has 0 aliphatic rings. The highest BCUT2D eigenvalue weighted by atomic mass is 35.5. The molecule has 31 heteroatoms. The van der Waals surface area contributed by atoms with Crippen molar-refractivity contribution in [1.82, 2.24) is 55.9 Å². The quantitative estimate of drug-likeness (QED) is 0.0199. The third-order valence-electron chi connectivity index (χ3n) is 21.0. The Balaban J connectivity index is 0.000000357. The Hall–Kier alpha value is -13.6. The minimum Gasteiger partial charge on any atom is -0.444 e. The summed E-state index contributed by atoms with van der Waals surface area (Å²) in [7, 11) is 1.00. The minimum absolute atomic E-state index is 0. The molecule has 0 aliphatic heterocycles. The number of aromatic amines is 4. The number of Topliss-reactive ketones (excluding diaryl/α,β-unsaturated/α-hetero) is 4. The lowest BCUT2D eigenvalue weighted by Crippen LogP contribution is -2.37. The van der Waals surface area contributed by atoms with E-state index in [-0.39, 0.29) is 129 Å². The predicted octanol–water partition coefficient (Wildman–Crippen LogP) is 19.7. The molecule has 0 saturated heterocycles. The number of benzene rings is 10. The number of halogens is 5. The van der Waals surface area contributed by atoms with Crippen molar-refractivity contribution >= 4 is 109 Å². The van der Waals surface area contributed by atoms with Crippen molar-refractivity contribution in [3.63, 3.8) is 0 Å². The van der Waals surface area contributed by atoms with Crippen LogP contribution in [0.1, 0.15) is 129 Å². The van der Waals surface area contributed by atoms with Gasteiger partial charge in [-0.3, -0.25) is 44.4 Å². The number of ketones is 4. The first-order chi connectivity index (χ1) is 63.4. The molecule has 26 nitrogen and oxygen atoms in total. The number of nitrogens with zero attached hydrogens (tertiary/aromatic N) is 6. The van der Waals surface area contributed by atoms with E-state index in [0.29, 0.717) is 57.5 Å². The van der Waals surface area contributed by atoms with Gasteiger partial charge in [-0.2, -0.15) is 30.2 Å². The van der Waals surface area contributed by atoms with Gasteiger partial charge < -0.3 is 48.1 Å². The smallest absolute Gasteiger partial charge is 0.435 e. The molecule has 15 aromatic rings. The second kappa shape index (κ2) is 59.3. The van der Waals surface area contributed by atoms with Crippen molar-refractivity contribution in [3.05, 3.63) is 385 Å². The summed E-state index contributed by atoms with van der Waals surface area (Å²) in [6.45, 7) is 12.1. The molecule has 137 heavy (non-hydrogen) atoms. The number of aliphatic hydroxyl groups excluding tert-OH is 1. The van der Waals surface area contributed by atoms with Crippen LogP contribution < -0.4 is 33.6 Å². The standard InChI is InChI=1S/C28H34N4O5.4C19H19N3O.CH4O.CH4.5ClH/c1-27(2,3)36-25(34)29-17-23(20-10-8-7-9-11-20)24(33)31-22-14-12-19(13-15-22)21-16-30-32(18-21)26(35)37-28(4,5)6;4*20-11-18(16-4-2-1-3-5-16)19(23)10-14-6-8-15(9-7-14)17-12-21-22-13-17;1-2;;;;;;/h7-16,18,23H,17H2,1-6H3,(H,29,34)(H,31,33);4*1-9,12-13,18H,10-11,20H2,(H,21,22);2H,1H3;1H4;5*1H/t;4*18-;;;;;;;/m.0000......./s1. The number of rotatable bonds is 30. The molecular weight excluding hydrogens is 1830 g/mol. The van der Waals surface area contributed by atoms with E-state index in [2.05, 4.69) is 56.5 Å². The van der Waals surface area contributed by atoms with E-state index >= 15 is 0 Å². The number of nitrogens with two attached hydrogens (primary N) is 4. The van der Waals surface area contributed by atoms with E-state index in [1.807, 2.05) is 286 Å². The van der Waals surface area contributed by atoms with Gasteiger partial charge >= 0.3 is 12.2 Å². The highest BCUT2D eigenvalue weighted by Gasteiger charge is 2.27. The first-order valence-electron chi connectivity index (χ1n) is 43.0. The molecule has 0 fully saturated rings. The van der Waals surface area contributed by atoms with Gasteiger partial charge in [-0.1, -0.05) is 268 Å². The summed E-state index contributed by atoms with van der Waals surface area (Å²) in [6.07, 6.45) is 18.1. The molecule has 5 atom stereocenters. The Morgan fingerprint density at radius 2 is 0.584 bits per heavy atom. The first-order valence-corrected chi connectivity index (χ1v) is 43.0. The van der Waals surface area contributed by atoms with E-state index < -0.39 is 29.3 Å². The van der Waals surface area contributed by atoms with Crippen LogP contribution in [0.3, 0.4) is 0 Å². The van der Waals surface area contributed by atoms with Crippen molar-refractivity contribution in [1.29, 1.82) is 0 Å². The van der Waals surface area contributed by atoms with Crippen LogP contribution in [0.15, 0.2) is 335 Å². The maximum Gasteiger partial charge on any atom is 0.435 e. The van der Waals surface area contributed by atoms with Gasteiger partial charge in [-0.05, 0) is 132 Å². The van der Waals surface area contributed by atoms with Gasteiger partial charge in [0.25, 0.3) is 0 Å². The van der Waals surface area contributed by atoms with Crippen LogP contribution >= 0.6 is 62.0 Å². The number of nitrogens with one attached hydrogen (secondary N) is 6. The third kappa shape index (κ3) is 36.5. The van der Waals surface area contributed by atoms with Crippen LogP contribution in [0.2, 0.25) is 0 Å². The zero-order chi connectivity index (χ0) is 93.5. The number of aliphatic hydroxyl groups is 1. The molecule has 722 valence electrons. The second-order valence-electron chi connectivity index (χ2n) is 32.7. The van der Waals surface area contributed by atoms with Gasteiger partial charge in [0.15, 0.2) is 0 Å². The molecule has 10 aromatic carbocycles. The molecule has 2 amide bonds. The summed E-state index contributed by atoms with van der Waals surface area (Å²) in [5.41, 5.74) is 41.3. The lowest BCUT2D eigenvalue weighted by atomic mass is 9.91. The number of carbonyl (C=O) groups is 7. The van der Waals surface area contributed by atoms with Crippen molar-refractivity contribution in [2.45, 2.75) is 115 Å². The molecule has 0 saturated carbocycles. The van der Waals surface area contributed by atoms with E-state index in [1.165, 1.54) is 0 Å². The average molecular weight is 1960 g/mol. The maximum absolute atomic E-state index is 13.2. The summed E-state index contributed by atoms with van der Waals surface area (Å²) in [6, 6.07) is 87.2. The summed E-state index contributed by atoms with van der Waals surface area (Å²) in [5, 5.41) is 43.7. The van der Waals surface area contributed by atoms with Crippen LogP contribution in [-0.2, 0) is 59.1 Å². The number of anilines is 1. The van der Waals surface area contributed by atoms with Gasteiger partial charge in [0.1, 0.15) is 34.3 Å². The Kier molecular flexibility index (Phi) is 50.1. The maximum atomic E-state index is 13.2. The molecule has 1 unspecified atom stereocenters. The number of amides is 2. The third-order valence-corrected chi connectivity index (χ3v) is 21.0. The topological polar surface area (TPSA) is 419 Å². The first kappa shape index (κ1) is 116. The molecule has 15 rings (SSSR count). The monoisotopic (exact) mass is 1950 g/mol. The van der Waals surface area contributed by atoms with Crippen molar-refractivity contribution < 1.29 is 48.1 Å². The highest BCUT2D eigenvalue weighted by molar-refractivity contribution is 5.97. The summed E-state index contributed by atoms with van der Waals surface area (Å²) >= 11 is 0. The Morgan fingerprint density at radius 3 is 0.825 bits per heavy atom. The van der Waals surface area contributed by atoms with Crippen LogP contribution in [0.25, 0.3) is 55.6 Å².